The van der Waals surface area contributed by atoms with Crippen molar-refractivity contribution < 1.29 is 14.0 Å². The van der Waals surface area contributed by atoms with E-state index in [1.165, 1.54) is 80.3 Å². The van der Waals surface area contributed by atoms with Crippen LogP contribution in [0.4, 0.5) is 0 Å². The van der Waals surface area contributed by atoms with Crippen molar-refractivity contribution >= 4 is 101 Å². The average Bonchev–Trinajstić information content (AvgIpc) is 1.65. The van der Waals surface area contributed by atoms with Crippen LogP contribution in [-0.2, 0) is 6.54 Å². The normalized spacial score (nSPS) is 12.2. The fourth-order valence-electron chi connectivity index (χ4n) is 15.4. The Labute approximate surface area is 543 Å². The average molecular weight is 1230 g/mol. The number of aromatic nitrogens is 3. The molecule has 4 heterocycles. The lowest BCUT2D eigenvalue weighted by Crippen LogP contribution is -2.75. The maximum absolute atomic E-state index is 7.98. The highest BCUT2D eigenvalue weighted by Gasteiger charge is 2.47. The number of rotatable bonds is 14. The minimum atomic E-state index is -3.49. The molecule has 0 amide bonds. The van der Waals surface area contributed by atoms with Gasteiger partial charge < -0.3 is 18.6 Å². The van der Waals surface area contributed by atoms with Crippen LogP contribution >= 0.6 is 0 Å². The van der Waals surface area contributed by atoms with Gasteiger partial charge in [0.05, 0.1) is 27.6 Å². The van der Waals surface area contributed by atoms with E-state index in [0.717, 1.165) is 73.7 Å². The van der Waals surface area contributed by atoms with Gasteiger partial charge in [-0.25, -0.2) is 0 Å². The molecule has 0 saturated carbocycles. The Morgan fingerprint density at radius 2 is 0.720 bits per heavy atom. The number of fused-ring (bicyclic) bond motifs is 9. The molecule has 13 aromatic carbocycles. The van der Waals surface area contributed by atoms with E-state index >= 15 is 0 Å². The summed E-state index contributed by atoms with van der Waals surface area (Å²) in [6.07, 6.45) is 2.17. The van der Waals surface area contributed by atoms with E-state index in [2.05, 4.69) is 367 Å². The Kier molecular flexibility index (Phi) is 13.7. The van der Waals surface area contributed by atoms with Gasteiger partial charge >= 0.3 is 0 Å². The molecule has 3 aromatic heterocycles. The summed E-state index contributed by atoms with van der Waals surface area (Å²) in [5.74, 6) is 3.22. The number of aryl methyl sites for hydroxylation is 2. The molecule has 442 valence electrons. The molecule has 0 saturated heterocycles. The second-order valence-corrected chi connectivity index (χ2v) is 32.1. The standard InChI is InChI=1S/C86H64N3O2Si2/c1-60-27-25-47-82(92(66-29-7-3-8-30-66,67-31-9-4-10-32-67)70-52-48-63(49-53-70)88-76-41-19-15-37-72(76)73-38-16-20-42-77(73)88)85(60)90-65-57-61(2)86(91-81-46-26-28-62-59-87-56-24-23-45-80(87)84(62)81)83(58-65)93(68-33-11-5-12-34-68,69-35-13-6-14-36-69)71-54-50-64(51-55-71)89-78-43-21-17-39-74(78)75-40-18-22-44-79(75)89/h3-58H,59H2,1-2H3/q+1. The zero-order chi connectivity index (χ0) is 62.0. The van der Waals surface area contributed by atoms with Crippen LogP contribution in [0.3, 0.4) is 0 Å². The largest absolute Gasteiger partial charge is 0.457 e. The Bertz CT molecular complexity index is 5310. The van der Waals surface area contributed by atoms with Gasteiger partial charge in [0, 0.05) is 55.8 Å². The lowest BCUT2D eigenvalue weighted by atomic mass is 10.1. The van der Waals surface area contributed by atoms with Crippen LogP contribution in [0.5, 0.6) is 23.0 Å². The molecule has 1 aliphatic heterocycles. The first-order valence-electron chi connectivity index (χ1n) is 32.1. The highest BCUT2D eigenvalue weighted by Crippen LogP contribution is 2.41. The van der Waals surface area contributed by atoms with Gasteiger partial charge in [-0.15, -0.1) is 0 Å². The maximum atomic E-state index is 7.98. The summed E-state index contributed by atoms with van der Waals surface area (Å²) in [6, 6.07) is 123. The van der Waals surface area contributed by atoms with Gasteiger partial charge in [-0.3, -0.25) is 0 Å². The first kappa shape index (κ1) is 55.7. The predicted octanol–water partition coefficient (Wildman–Crippen LogP) is 15.2. The lowest BCUT2D eigenvalue weighted by molar-refractivity contribution is -0.672. The number of para-hydroxylation sites is 5. The molecule has 17 rings (SSSR count). The van der Waals surface area contributed by atoms with Crippen molar-refractivity contribution in [3.8, 4) is 45.6 Å². The molecular formula is C86H64N3O2Si2+. The molecule has 0 radical (unpaired) electrons. The van der Waals surface area contributed by atoms with E-state index in [0.29, 0.717) is 0 Å². The number of nitrogens with zero attached hydrogens (tertiary/aromatic N) is 3. The number of hydrogen-bond acceptors (Lipinski definition) is 2. The van der Waals surface area contributed by atoms with Crippen molar-refractivity contribution in [2.24, 2.45) is 0 Å². The van der Waals surface area contributed by atoms with Gasteiger partial charge in [0.2, 0.25) is 5.69 Å². The summed E-state index contributed by atoms with van der Waals surface area (Å²) >= 11 is 0. The van der Waals surface area contributed by atoms with Crippen molar-refractivity contribution in [3.63, 3.8) is 0 Å². The van der Waals surface area contributed by atoms with Gasteiger partial charge in [-0.1, -0.05) is 249 Å². The third-order valence-corrected chi connectivity index (χ3v) is 29.0. The van der Waals surface area contributed by atoms with E-state index in [-0.39, 0.29) is 0 Å². The summed E-state index contributed by atoms with van der Waals surface area (Å²) in [4.78, 5) is 0. The second kappa shape index (κ2) is 22.8. The highest BCUT2D eigenvalue weighted by atomic mass is 28.3. The number of benzene rings is 13. The van der Waals surface area contributed by atoms with Crippen LogP contribution in [0, 0.1) is 13.8 Å². The highest BCUT2D eigenvalue weighted by molar-refractivity contribution is 7.21. The molecule has 1 aliphatic rings. The molecule has 7 heteroatoms. The summed E-state index contributed by atoms with van der Waals surface area (Å²) in [5.41, 5.74) is 12.4. The van der Waals surface area contributed by atoms with Crippen LogP contribution in [-0.4, -0.2) is 25.3 Å². The first-order chi connectivity index (χ1) is 46.0. The Morgan fingerprint density at radius 1 is 0.323 bits per heavy atom. The number of pyridine rings is 1. The van der Waals surface area contributed by atoms with Crippen molar-refractivity contribution in [2.75, 3.05) is 0 Å². The molecule has 0 bridgehead atoms. The zero-order valence-electron chi connectivity index (χ0n) is 51.7. The van der Waals surface area contributed by atoms with E-state index in [1.54, 1.807) is 0 Å². The van der Waals surface area contributed by atoms with Crippen LogP contribution in [0.15, 0.2) is 340 Å². The predicted molar refractivity (Wildman–Crippen MR) is 390 cm³/mol. The van der Waals surface area contributed by atoms with Crippen molar-refractivity contribution in [1.82, 2.24) is 9.13 Å². The second-order valence-electron chi connectivity index (χ2n) is 24.6. The topological polar surface area (TPSA) is 32.2 Å². The molecule has 16 aromatic rings. The summed E-state index contributed by atoms with van der Waals surface area (Å²) in [6.45, 7) is 5.19. The number of ether oxygens (including phenoxy) is 2. The minimum absolute atomic E-state index is 0.737. The van der Waals surface area contributed by atoms with Crippen molar-refractivity contribution in [3.05, 3.63) is 357 Å². The molecular weight excluding hydrogens is 1160 g/mol. The summed E-state index contributed by atoms with van der Waals surface area (Å²) in [7, 11) is -6.77. The third kappa shape index (κ3) is 8.98. The molecule has 0 unspecified atom stereocenters. The van der Waals surface area contributed by atoms with E-state index in [1.807, 2.05) is 0 Å². The minimum Gasteiger partial charge on any atom is -0.457 e. The summed E-state index contributed by atoms with van der Waals surface area (Å²) < 4.78 is 22.9. The third-order valence-electron chi connectivity index (χ3n) is 19.5. The summed E-state index contributed by atoms with van der Waals surface area (Å²) in [5, 5.41) is 14.6. The lowest BCUT2D eigenvalue weighted by Gasteiger charge is -2.37. The zero-order valence-corrected chi connectivity index (χ0v) is 53.7. The fourth-order valence-corrected chi connectivity index (χ4v) is 25.3. The van der Waals surface area contributed by atoms with Crippen LogP contribution in [0.2, 0.25) is 0 Å². The first-order valence-corrected chi connectivity index (χ1v) is 36.1. The quantitative estimate of drug-likeness (QED) is 0.0617. The van der Waals surface area contributed by atoms with Gasteiger partial charge in [-0.2, -0.15) is 4.57 Å². The van der Waals surface area contributed by atoms with E-state index < -0.39 is 16.1 Å². The number of hydrogen-bond donors (Lipinski definition) is 0. The Balaban J connectivity index is 0.903. The van der Waals surface area contributed by atoms with Crippen LogP contribution in [0.25, 0.3) is 66.2 Å². The smallest absolute Gasteiger partial charge is 0.217 e. The Morgan fingerprint density at radius 3 is 1.19 bits per heavy atom. The fraction of sp³-hybridized carbons (Fsp3) is 0.0349. The molecule has 0 fully saturated rings. The SMILES string of the molecule is Cc1cccc([Si](c2ccccc2)(c2ccccc2)c2ccc(-n3c4ccccc4c4ccccc43)cc2)c1Oc1cc(C)c(Oc2cccc3c2-c2cccc[n+]2C3)c([Si](c2ccccc2)(c2ccccc2)c2ccc(-n3c4ccccc4c4ccccc43)cc2)c1. The molecule has 93 heavy (non-hydrogen) atoms. The van der Waals surface area contributed by atoms with Crippen molar-refractivity contribution in [2.45, 2.75) is 20.4 Å². The molecule has 0 aliphatic carbocycles. The monoisotopic (exact) mass is 1230 g/mol. The van der Waals surface area contributed by atoms with Gasteiger partial charge in [0.15, 0.2) is 28.9 Å². The molecule has 0 atom stereocenters. The van der Waals surface area contributed by atoms with Crippen LogP contribution in [0.1, 0.15) is 16.7 Å². The van der Waals surface area contributed by atoms with E-state index in [9.17, 15) is 0 Å². The molecule has 5 nitrogen and oxygen atoms in total. The van der Waals surface area contributed by atoms with Crippen molar-refractivity contribution in [1.29, 1.82) is 0 Å². The van der Waals surface area contributed by atoms with Gasteiger partial charge in [0.25, 0.3) is 0 Å². The van der Waals surface area contributed by atoms with E-state index in [4.69, 9.17) is 9.47 Å². The molecule has 0 spiro atoms. The van der Waals surface area contributed by atoms with Crippen LogP contribution < -0.4 is 55.5 Å². The molecule has 0 N–H and O–H groups in total. The Hall–Kier alpha value is -11.4. The van der Waals surface area contributed by atoms with Gasteiger partial charge in [-0.05, 0) is 134 Å². The van der Waals surface area contributed by atoms with Gasteiger partial charge in [0.1, 0.15) is 23.0 Å². The maximum Gasteiger partial charge on any atom is 0.217 e.